The summed E-state index contributed by atoms with van der Waals surface area (Å²) in [5, 5.41) is 0. The Morgan fingerprint density at radius 2 is 0.904 bits per heavy atom. The zero-order chi connectivity index (χ0) is 34.5. The number of aromatic nitrogens is 4. The molecular formula is C47H30N4O. The van der Waals surface area contributed by atoms with Gasteiger partial charge in [0, 0.05) is 40.2 Å². The van der Waals surface area contributed by atoms with Crippen LogP contribution in [-0.4, -0.2) is 19.9 Å². The Bertz CT molecular complexity index is 2610. The van der Waals surface area contributed by atoms with Crippen molar-refractivity contribution in [2.75, 3.05) is 0 Å². The molecule has 2 aromatic heterocycles. The monoisotopic (exact) mass is 666 g/mol. The van der Waals surface area contributed by atoms with Crippen molar-refractivity contribution >= 4 is 12.2 Å². The molecule has 8 aromatic rings. The number of hydrogen-bond acceptors (Lipinski definition) is 5. The maximum Gasteiger partial charge on any atom is 0.164 e. The van der Waals surface area contributed by atoms with E-state index in [0.717, 1.165) is 67.1 Å². The highest BCUT2D eigenvalue weighted by molar-refractivity contribution is 5.85. The molecular weight excluding hydrogens is 637 g/mol. The van der Waals surface area contributed by atoms with Gasteiger partial charge in [0.15, 0.2) is 17.5 Å². The summed E-state index contributed by atoms with van der Waals surface area (Å²) in [6, 6.07) is 54.6. The molecule has 5 nitrogen and oxygen atoms in total. The molecule has 0 amide bonds. The molecule has 6 aromatic carbocycles. The smallest absolute Gasteiger partial charge is 0.164 e. The van der Waals surface area contributed by atoms with Crippen molar-refractivity contribution in [1.29, 1.82) is 0 Å². The lowest BCUT2D eigenvalue weighted by Gasteiger charge is -2.42. The van der Waals surface area contributed by atoms with Crippen LogP contribution >= 0.6 is 0 Å². The quantitative estimate of drug-likeness (QED) is 0.187. The van der Waals surface area contributed by atoms with Gasteiger partial charge in [-0.2, -0.15) is 0 Å². The van der Waals surface area contributed by atoms with Gasteiger partial charge < -0.3 is 4.74 Å². The average molecular weight is 667 g/mol. The van der Waals surface area contributed by atoms with Crippen molar-refractivity contribution in [3.05, 3.63) is 203 Å². The second-order valence-electron chi connectivity index (χ2n) is 13.1. The van der Waals surface area contributed by atoms with Gasteiger partial charge in [-0.15, -0.1) is 0 Å². The molecule has 1 aliphatic heterocycles. The van der Waals surface area contributed by atoms with E-state index in [9.17, 15) is 0 Å². The van der Waals surface area contributed by atoms with E-state index in [-0.39, 0.29) is 0 Å². The standard InChI is InChI=1S/C47H30N4O/c1-2-12-34(13-3-1)44-49-45(35-25-20-31(21-26-35)37-14-10-28-48-30-37)51-46(50-44)36-27-24-33-23-22-32-11-4-5-15-38(32)47(41(33)29-36)39-16-6-8-18-42(39)52-43-19-9-7-17-40(43)47/h1-30H. The minimum Gasteiger partial charge on any atom is -0.457 e. The van der Waals surface area contributed by atoms with Gasteiger partial charge in [-0.3, -0.25) is 4.98 Å². The third kappa shape index (κ3) is 4.78. The van der Waals surface area contributed by atoms with E-state index in [1.54, 1.807) is 6.20 Å². The summed E-state index contributed by atoms with van der Waals surface area (Å²) in [7, 11) is 0. The number of pyridine rings is 1. The highest BCUT2D eigenvalue weighted by atomic mass is 16.5. The minimum atomic E-state index is -0.670. The summed E-state index contributed by atoms with van der Waals surface area (Å²) in [5.74, 6) is 3.52. The number of ether oxygens (including phenoxy) is 1. The Kier molecular flexibility index (Phi) is 6.96. The fourth-order valence-corrected chi connectivity index (χ4v) is 7.74. The van der Waals surface area contributed by atoms with Crippen LogP contribution in [0.15, 0.2) is 170 Å². The normalized spacial score (nSPS) is 13.2. The molecule has 0 saturated heterocycles. The van der Waals surface area contributed by atoms with E-state index < -0.39 is 5.41 Å². The van der Waals surface area contributed by atoms with Gasteiger partial charge in [-0.25, -0.2) is 15.0 Å². The van der Waals surface area contributed by atoms with E-state index in [1.807, 2.05) is 54.7 Å². The summed E-state index contributed by atoms with van der Waals surface area (Å²) in [5.41, 5.74) is 11.0. The number of benzene rings is 6. The molecule has 10 rings (SSSR count). The molecule has 0 bridgehead atoms. The third-order valence-corrected chi connectivity index (χ3v) is 10.1. The fourth-order valence-electron chi connectivity index (χ4n) is 7.74. The topological polar surface area (TPSA) is 60.8 Å². The molecule has 1 spiro atoms. The Morgan fingerprint density at radius 3 is 1.58 bits per heavy atom. The van der Waals surface area contributed by atoms with Gasteiger partial charge in [0.1, 0.15) is 11.5 Å². The summed E-state index contributed by atoms with van der Waals surface area (Å²) < 4.78 is 6.60. The predicted octanol–water partition coefficient (Wildman–Crippen LogP) is 10.9. The van der Waals surface area contributed by atoms with Crippen molar-refractivity contribution in [2.24, 2.45) is 0 Å². The lowest BCUT2D eigenvalue weighted by molar-refractivity contribution is 0.434. The number of hydrogen-bond donors (Lipinski definition) is 0. The second-order valence-corrected chi connectivity index (χ2v) is 13.1. The largest absolute Gasteiger partial charge is 0.457 e. The fraction of sp³-hybridized carbons (Fsp3) is 0.0213. The van der Waals surface area contributed by atoms with Crippen molar-refractivity contribution in [3.8, 4) is 56.8 Å². The SMILES string of the molecule is C1=Cc2ccc(-c3nc(-c4ccccc4)nc(-c4ccc(-c5cccnc5)cc4)n3)cc2C2(c3ccccc31)c1ccccc1Oc1ccccc12. The minimum absolute atomic E-state index is 0.605. The predicted molar refractivity (Wildman–Crippen MR) is 207 cm³/mol. The van der Waals surface area contributed by atoms with Crippen LogP contribution in [0, 0.1) is 0 Å². The molecule has 3 heterocycles. The number of para-hydroxylation sites is 2. The first-order valence-electron chi connectivity index (χ1n) is 17.4. The summed E-state index contributed by atoms with van der Waals surface area (Å²) in [6.45, 7) is 0. The molecule has 0 N–H and O–H groups in total. The lowest BCUT2D eigenvalue weighted by atomic mass is 9.62. The van der Waals surface area contributed by atoms with Gasteiger partial charge in [0.05, 0.1) is 5.41 Å². The average Bonchev–Trinajstić information content (AvgIpc) is 3.36. The van der Waals surface area contributed by atoms with Gasteiger partial charge in [0.25, 0.3) is 0 Å². The first-order valence-corrected chi connectivity index (χ1v) is 17.4. The molecule has 0 unspecified atom stereocenters. The number of nitrogens with zero attached hydrogens (tertiary/aromatic N) is 4. The molecule has 2 aliphatic rings. The molecule has 0 radical (unpaired) electrons. The Morgan fingerprint density at radius 1 is 0.385 bits per heavy atom. The van der Waals surface area contributed by atoms with Crippen LogP contribution in [0.5, 0.6) is 11.5 Å². The number of rotatable bonds is 4. The lowest BCUT2D eigenvalue weighted by Crippen LogP contribution is -2.35. The van der Waals surface area contributed by atoms with Crippen LogP contribution in [0.4, 0.5) is 0 Å². The van der Waals surface area contributed by atoms with Gasteiger partial charge in [-0.1, -0.05) is 146 Å². The highest BCUT2D eigenvalue weighted by Crippen LogP contribution is 2.57. The van der Waals surface area contributed by atoms with Gasteiger partial charge in [-0.05, 0) is 57.6 Å². The summed E-state index contributed by atoms with van der Waals surface area (Å²) >= 11 is 0. The zero-order valence-electron chi connectivity index (χ0n) is 28.0. The van der Waals surface area contributed by atoms with E-state index in [4.69, 9.17) is 19.7 Å². The summed E-state index contributed by atoms with van der Waals surface area (Å²) in [6.07, 6.45) is 8.12. The van der Waals surface area contributed by atoms with Crippen LogP contribution in [0.3, 0.4) is 0 Å². The third-order valence-electron chi connectivity index (χ3n) is 10.1. The Hall–Kier alpha value is -6.98. The van der Waals surface area contributed by atoms with Gasteiger partial charge >= 0.3 is 0 Å². The summed E-state index contributed by atoms with van der Waals surface area (Å²) in [4.78, 5) is 19.6. The maximum absolute atomic E-state index is 6.60. The van der Waals surface area contributed by atoms with Crippen LogP contribution in [-0.2, 0) is 5.41 Å². The van der Waals surface area contributed by atoms with Crippen molar-refractivity contribution in [2.45, 2.75) is 5.41 Å². The van der Waals surface area contributed by atoms with Crippen LogP contribution in [0.1, 0.15) is 33.4 Å². The van der Waals surface area contributed by atoms with E-state index >= 15 is 0 Å². The Balaban J connectivity index is 1.21. The van der Waals surface area contributed by atoms with E-state index in [2.05, 4.69) is 126 Å². The first-order chi connectivity index (χ1) is 25.8. The first kappa shape index (κ1) is 29.9. The molecule has 244 valence electrons. The molecule has 0 saturated carbocycles. The van der Waals surface area contributed by atoms with Crippen LogP contribution in [0.2, 0.25) is 0 Å². The second kappa shape index (κ2) is 12.1. The molecule has 0 fully saturated rings. The molecule has 52 heavy (non-hydrogen) atoms. The van der Waals surface area contributed by atoms with Crippen LogP contribution in [0.25, 0.3) is 57.4 Å². The van der Waals surface area contributed by atoms with Gasteiger partial charge in [0.2, 0.25) is 0 Å². The van der Waals surface area contributed by atoms with E-state index in [1.165, 1.54) is 5.56 Å². The van der Waals surface area contributed by atoms with Crippen molar-refractivity contribution < 1.29 is 4.74 Å². The number of fused-ring (bicyclic) bond motifs is 8. The Labute approximate surface area is 301 Å². The highest BCUT2D eigenvalue weighted by Gasteiger charge is 2.47. The van der Waals surface area contributed by atoms with Crippen molar-refractivity contribution in [1.82, 2.24) is 19.9 Å². The van der Waals surface area contributed by atoms with E-state index in [0.29, 0.717) is 17.5 Å². The van der Waals surface area contributed by atoms with Crippen molar-refractivity contribution in [3.63, 3.8) is 0 Å². The zero-order valence-corrected chi connectivity index (χ0v) is 28.0. The maximum atomic E-state index is 6.60. The van der Waals surface area contributed by atoms with Crippen LogP contribution < -0.4 is 4.74 Å². The molecule has 5 heteroatoms. The molecule has 1 aliphatic carbocycles. The molecule has 0 atom stereocenters.